The average molecular weight is 379 g/mol. The van der Waals surface area contributed by atoms with Crippen molar-refractivity contribution in [1.82, 2.24) is 0 Å². The predicted molar refractivity (Wildman–Crippen MR) is 108 cm³/mol. The van der Waals surface area contributed by atoms with Crippen molar-refractivity contribution in [3.05, 3.63) is 0 Å². The Morgan fingerprint density at radius 2 is 0.562 bits per heavy atom. The Kier molecular flexibility index (Phi) is 1050. The molecule has 3 N–H and O–H groups in total. The van der Waals surface area contributed by atoms with E-state index in [2.05, 4.69) is 14.8 Å². The van der Waals surface area contributed by atoms with Crippen LogP contribution in [0.2, 0.25) is 6.55 Å². The molecular formula is C3H38O5Si8. The first-order valence-corrected chi connectivity index (χ1v) is 11.9. The molecule has 0 radical (unpaired) electrons. The van der Waals surface area contributed by atoms with Crippen LogP contribution in [0.3, 0.4) is 0 Å². The Labute approximate surface area is 127 Å². The summed E-state index contributed by atoms with van der Waals surface area (Å²) in [7, 11) is 5.94. The molecule has 0 bridgehead atoms. The van der Waals surface area contributed by atoms with Crippen molar-refractivity contribution in [3.63, 3.8) is 0 Å². The van der Waals surface area contributed by atoms with E-state index < -0.39 is 0 Å². The fourth-order valence-corrected chi connectivity index (χ4v) is 0. The van der Waals surface area contributed by atoms with Crippen molar-refractivity contribution < 1.29 is 22.6 Å². The first-order chi connectivity index (χ1) is 6.83. The highest BCUT2D eigenvalue weighted by atomic mass is 28.3. The van der Waals surface area contributed by atoms with E-state index in [4.69, 9.17) is 14.4 Å². The first kappa shape index (κ1) is 52.7. The van der Waals surface area contributed by atoms with Gasteiger partial charge in [-0.25, -0.2) is 0 Å². The van der Waals surface area contributed by atoms with Crippen molar-refractivity contribution in [2.24, 2.45) is 0 Å². The van der Waals surface area contributed by atoms with Crippen LogP contribution in [0.25, 0.3) is 0 Å². The Bertz CT molecular complexity index is 25.6. The largest absolute Gasteiger partial charge is 0.471 e. The summed E-state index contributed by atoms with van der Waals surface area (Å²) in [5.41, 5.74) is 0. The maximum Gasteiger partial charge on any atom is 0.141 e. The highest BCUT2D eigenvalue weighted by molar-refractivity contribution is 6.15. The van der Waals surface area contributed by atoms with Gasteiger partial charge >= 0.3 is 0 Å². The summed E-state index contributed by atoms with van der Waals surface area (Å²) in [6.45, 7) is 2.14. The fraction of sp³-hybridized carbons (Fsp3) is 1.00. The normalized spacial score (nSPS) is 5.25. The molecular weight excluding hydrogens is 341 g/mol. The van der Waals surface area contributed by atoms with Gasteiger partial charge < -0.3 is 22.6 Å². The van der Waals surface area contributed by atoms with E-state index in [-0.39, 0.29) is 14.9 Å². The molecule has 0 spiro atoms. The third-order valence-electron chi connectivity index (χ3n) is 0. The van der Waals surface area contributed by atoms with Gasteiger partial charge in [-0.1, -0.05) is 21.4 Å². The molecule has 0 rings (SSSR count). The number of hydrogen-bond acceptors (Lipinski definition) is 5. The minimum atomic E-state index is 0. The molecule has 0 aliphatic rings. The monoisotopic (exact) mass is 378 g/mol. The zero-order chi connectivity index (χ0) is 13.4. The molecule has 0 saturated heterocycles. The third kappa shape index (κ3) is 1390. The molecule has 0 saturated carbocycles. The molecule has 0 amide bonds. The van der Waals surface area contributed by atoms with Crippen LogP contribution < -0.4 is 0 Å². The summed E-state index contributed by atoms with van der Waals surface area (Å²) in [5, 5.41) is 0. The maximum absolute atomic E-state index is 7.14. The Balaban J connectivity index is -0.00000000791. The average Bonchev–Trinajstić information content (AvgIpc) is 2.31. The van der Waals surface area contributed by atoms with Crippen LogP contribution in [0, 0.1) is 0 Å². The van der Waals surface area contributed by atoms with Gasteiger partial charge in [0.05, 0.1) is 0 Å². The number of rotatable bonds is 0. The summed E-state index contributed by atoms with van der Waals surface area (Å²) in [4.78, 5) is 21.4. The smallest absolute Gasteiger partial charge is 0.141 e. The van der Waals surface area contributed by atoms with Crippen molar-refractivity contribution in [1.29, 1.82) is 0 Å². The van der Waals surface area contributed by atoms with Crippen LogP contribution in [0.1, 0.15) is 14.9 Å². The van der Waals surface area contributed by atoms with Gasteiger partial charge in [0.1, 0.15) is 73.4 Å². The van der Waals surface area contributed by atoms with E-state index in [0.717, 1.165) is 41.9 Å². The molecule has 13 heteroatoms. The second-order valence-electron chi connectivity index (χ2n) is 0.816. The van der Waals surface area contributed by atoms with Crippen molar-refractivity contribution in [2.45, 2.75) is 21.4 Å². The lowest BCUT2D eigenvalue weighted by Crippen LogP contribution is -1.65. The molecule has 0 heterocycles. The lowest BCUT2D eigenvalue weighted by molar-refractivity contribution is 0.628. The summed E-state index contributed by atoms with van der Waals surface area (Å²) in [6, 6.07) is 0. The van der Waals surface area contributed by atoms with E-state index in [1.165, 1.54) is 10.2 Å². The molecule has 0 fully saturated rings. The second kappa shape index (κ2) is 319. The molecule has 0 aromatic heterocycles. The maximum atomic E-state index is 7.14. The van der Waals surface area contributed by atoms with Gasteiger partial charge in [0.25, 0.3) is 0 Å². The zero-order valence-corrected chi connectivity index (χ0v) is 27.2. The van der Waals surface area contributed by atoms with E-state index >= 15 is 0 Å². The number of hydrogen-bond donors (Lipinski definition) is 3. The van der Waals surface area contributed by atoms with Gasteiger partial charge in [0.2, 0.25) is 0 Å². The standard InChI is InChI=1S/CH6Si.2CH4.2H6OSi2.3H4OSi/c1-2;;;2*2-1-3;3*1-2/h1-2H3;2*1H4;2*2-3H3;3*1H,2H3. The van der Waals surface area contributed by atoms with Crippen molar-refractivity contribution in [2.75, 3.05) is 0 Å². The highest BCUT2D eigenvalue weighted by Crippen LogP contribution is 1.20. The summed E-state index contributed by atoms with van der Waals surface area (Å²) >= 11 is 0. The van der Waals surface area contributed by atoms with Crippen LogP contribution in [0.5, 0.6) is 0 Å². The molecule has 0 unspecified atom stereocenters. The van der Waals surface area contributed by atoms with Crippen LogP contribution in [-0.2, 0) is 8.23 Å². The van der Waals surface area contributed by atoms with Gasteiger partial charge in [-0.2, -0.15) is 0 Å². The summed E-state index contributed by atoms with van der Waals surface area (Å²) in [6.07, 6.45) is 0. The summed E-state index contributed by atoms with van der Waals surface area (Å²) in [5.74, 6) is 0. The van der Waals surface area contributed by atoms with Crippen molar-refractivity contribution in [3.8, 4) is 0 Å². The van der Waals surface area contributed by atoms with Crippen LogP contribution >= 0.6 is 0 Å². The van der Waals surface area contributed by atoms with E-state index in [1.54, 1.807) is 0 Å². The predicted octanol–water partition coefficient (Wildman–Crippen LogP) is -9.42. The first-order valence-electron chi connectivity index (χ1n) is 3.97. The molecule has 5 nitrogen and oxygen atoms in total. The van der Waals surface area contributed by atoms with Crippen molar-refractivity contribution >= 4 is 83.6 Å². The van der Waals surface area contributed by atoms with E-state index in [9.17, 15) is 0 Å². The molecule has 0 atom stereocenters. The Morgan fingerprint density at radius 3 is 0.562 bits per heavy atom. The minimum Gasteiger partial charge on any atom is -0.471 e. The van der Waals surface area contributed by atoms with Crippen LogP contribution in [0.15, 0.2) is 0 Å². The summed E-state index contributed by atoms with van der Waals surface area (Å²) < 4.78 is 9.06. The fourth-order valence-electron chi connectivity index (χ4n) is 0. The second-order valence-corrected chi connectivity index (χ2v) is 7.35. The molecule has 112 valence electrons. The van der Waals surface area contributed by atoms with Gasteiger partial charge in [-0.15, -0.1) is 0 Å². The quantitative estimate of drug-likeness (QED) is 0.365. The Hall–Kier alpha value is 1.54. The SMILES string of the molecule is C.C.C[SiH3].O[SiH3].O[SiH3].O[SiH3].[SiH3]O[SiH3].[SiH3]O[SiH3]. The highest BCUT2D eigenvalue weighted by Gasteiger charge is 1.28. The molecule has 0 aliphatic carbocycles. The van der Waals surface area contributed by atoms with Crippen LogP contribution in [0.4, 0.5) is 0 Å². The molecule has 16 heavy (non-hydrogen) atoms. The molecule has 0 aromatic carbocycles. The topological polar surface area (TPSA) is 79.2 Å². The zero-order valence-electron chi connectivity index (χ0n) is 11.2. The van der Waals surface area contributed by atoms with Gasteiger partial charge in [-0.3, -0.25) is 0 Å². The van der Waals surface area contributed by atoms with E-state index in [1.807, 2.05) is 0 Å². The molecule has 0 aliphatic heterocycles. The van der Waals surface area contributed by atoms with Gasteiger partial charge in [0.15, 0.2) is 0 Å². The van der Waals surface area contributed by atoms with Crippen LogP contribution in [-0.4, -0.2) is 98.0 Å². The third-order valence-corrected chi connectivity index (χ3v) is 0. The minimum absolute atomic E-state index is 0. The lowest BCUT2D eigenvalue weighted by atomic mass is 11.9. The Morgan fingerprint density at radius 1 is 0.562 bits per heavy atom. The van der Waals surface area contributed by atoms with Gasteiger partial charge in [0, 0.05) is 0 Å². The lowest BCUT2D eigenvalue weighted by Gasteiger charge is -1.62. The van der Waals surface area contributed by atoms with E-state index in [0.29, 0.717) is 31.5 Å². The molecule has 0 aromatic rings. The van der Waals surface area contributed by atoms with Gasteiger partial charge in [-0.05, 0) is 10.2 Å².